The fraction of sp³-hybridized carbons (Fsp3) is 0.200. The molecule has 112 valence electrons. The van der Waals surface area contributed by atoms with Crippen molar-refractivity contribution in [2.45, 2.75) is 17.7 Å². The third-order valence-corrected chi connectivity index (χ3v) is 4.63. The van der Waals surface area contributed by atoms with E-state index in [4.69, 9.17) is 5.84 Å². The van der Waals surface area contributed by atoms with Crippen LogP contribution in [0.2, 0.25) is 0 Å². The molecule has 0 unspecified atom stereocenters. The molecule has 2 rings (SSSR count). The molecule has 0 aliphatic heterocycles. The lowest BCUT2D eigenvalue weighted by Gasteiger charge is -2.10. The molecule has 2 aromatic carbocycles. The minimum atomic E-state index is -3.55. The molecule has 0 radical (unpaired) electrons. The Morgan fingerprint density at radius 1 is 0.952 bits per heavy atom. The fourth-order valence-corrected chi connectivity index (χ4v) is 3.28. The number of benzene rings is 2. The molecular formula is C15H19N3O2S. The quantitative estimate of drug-likeness (QED) is 0.414. The van der Waals surface area contributed by atoms with E-state index in [0.29, 0.717) is 12.2 Å². The largest absolute Gasteiger partial charge is 0.323 e. The Labute approximate surface area is 125 Å². The average molecular weight is 305 g/mol. The highest BCUT2D eigenvalue weighted by molar-refractivity contribution is 7.89. The van der Waals surface area contributed by atoms with Gasteiger partial charge in [0.15, 0.2) is 0 Å². The van der Waals surface area contributed by atoms with Gasteiger partial charge in [-0.2, -0.15) is 0 Å². The van der Waals surface area contributed by atoms with E-state index < -0.39 is 10.0 Å². The van der Waals surface area contributed by atoms with E-state index in [0.717, 1.165) is 12.8 Å². The predicted octanol–water partition coefficient (Wildman–Crippen LogP) is 1.88. The fourth-order valence-electron chi connectivity index (χ4n) is 2.04. The second-order valence-electron chi connectivity index (χ2n) is 4.63. The first-order valence-electron chi connectivity index (χ1n) is 6.73. The SMILES string of the molecule is NNc1ccccc1S(=O)(=O)NCCCc1ccccc1. The summed E-state index contributed by atoms with van der Waals surface area (Å²) in [5, 5.41) is 0. The molecule has 5 nitrogen and oxygen atoms in total. The van der Waals surface area contributed by atoms with Crippen LogP contribution >= 0.6 is 0 Å². The van der Waals surface area contributed by atoms with Gasteiger partial charge in [0.1, 0.15) is 4.90 Å². The molecule has 0 aromatic heterocycles. The summed E-state index contributed by atoms with van der Waals surface area (Å²) in [5.41, 5.74) is 3.98. The van der Waals surface area contributed by atoms with Gasteiger partial charge in [0, 0.05) is 6.54 Å². The molecule has 0 saturated carbocycles. The van der Waals surface area contributed by atoms with Crippen LogP contribution in [0.25, 0.3) is 0 Å². The van der Waals surface area contributed by atoms with Gasteiger partial charge in [-0.15, -0.1) is 0 Å². The smallest absolute Gasteiger partial charge is 0.242 e. The Balaban J connectivity index is 1.93. The number of hydrogen-bond donors (Lipinski definition) is 3. The molecule has 0 spiro atoms. The summed E-state index contributed by atoms with van der Waals surface area (Å²) in [5.74, 6) is 5.34. The van der Waals surface area contributed by atoms with Crippen molar-refractivity contribution in [1.82, 2.24) is 4.72 Å². The Bertz CT molecular complexity index is 672. The average Bonchev–Trinajstić information content (AvgIpc) is 2.52. The van der Waals surface area contributed by atoms with Gasteiger partial charge in [-0.05, 0) is 30.5 Å². The second-order valence-corrected chi connectivity index (χ2v) is 6.36. The van der Waals surface area contributed by atoms with E-state index in [-0.39, 0.29) is 4.90 Å². The lowest BCUT2D eigenvalue weighted by Crippen LogP contribution is -2.26. The molecule has 0 bridgehead atoms. The number of rotatable bonds is 7. The Morgan fingerprint density at radius 3 is 2.33 bits per heavy atom. The van der Waals surface area contributed by atoms with E-state index in [9.17, 15) is 8.42 Å². The van der Waals surface area contributed by atoms with Crippen molar-refractivity contribution in [3.05, 3.63) is 60.2 Å². The van der Waals surface area contributed by atoms with Gasteiger partial charge >= 0.3 is 0 Å². The van der Waals surface area contributed by atoms with Crippen molar-refractivity contribution in [3.8, 4) is 0 Å². The third-order valence-electron chi connectivity index (χ3n) is 3.11. The van der Waals surface area contributed by atoms with Crippen molar-refractivity contribution in [2.24, 2.45) is 5.84 Å². The van der Waals surface area contributed by atoms with Crippen LogP contribution in [0.1, 0.15) is 12.0 Å². The maximum absolute atomic E-state index is 12.2. The number of aryl methyl sites for hydroxylation is 1. The maximum atomic E-state index is 12.2. The minimum absolute atomic E-state index is 0.159. The van der Waals surface area contributed by atoms with Crippen LogP contribution in [0.3, 0.4) is 0 Å². The minimum Gasteiger partial charge on any atom is -0.323 e. The van der Waals surface area contributed by atoms with Gasteiger partial charge in [0.25, 0.3) is 0 Å². The summed E-state index contributed by atoms with van der Waals surface area (Å²) in [7, 11) is -3.55. The first kappa shape index (κ1) is 15.5. The molecular weight excluding hydrogens is 286 g/mol. The summed E-state index contributed by atoms with van der Waals surface area (Å²) in [4.78, 5) is 0.159. The molecule has 0 saturated heterocycles. The van der Waals surface area contributed by atoms with Crippen molar-refractivity contribution in [2.75, 3.05) is 12.0 Å². The van der Waals surface area contributed by atoms with Crippen molar-refractivity contribution < 1.29 is 8.42 Å². The van der Waals surface area contributed by atoms with Crippen molar-refractivity contribution in [3.63, 3.8) is 0 Å². The van der Waals surface area contributed by atoms with Gasteiger partial charge < -0.3 is 5.43 Å². The van der Waals surface area contributed by atoms with E-state index in [1.165, 1.54) is 11.6 Å². The topological polar surface area (TPSA) is 84.2 Å². The van der Waals surface area contributed by atoms with Crippen molar-refractivity contribution in [1.29, 1.82) is 0 Å². The van der Waals surface area contributed by atoms with Gasteiger partial charge in [-0.3, -0.25) is 5.84 Å². The van der Waals surface area contributed by atoms with Crippen LogP contribution in [0.4, 0.5) is 5.69 Å². The third kappa shape index (κ3) is 4.29. The molecule has 0 atom stereocenters. The molecule has 0 heterocycles. The number of sulfonamides is 1. The number of nitrogen functional groups attached to an aromatic ring is 1. The van der Waals surface area contributed by atoms with Crippen LogP contribution in [-0.2, 0) is 16.4 Å². The summed E-state index contributed by atoms with van der Waals surface area (Å²) in [6.45, 7) is 0.385. The van der Waals surface area contributed by atoms with Crippen LogP contribution in [-0.4, -0.2) is 15.0 Å². The van der Waals surface area contributed by atoms with Crippen LogP contribution in [0.5, 0.6) is 0 Å². The first-order valence-corrected chi connectivity index (χ1v) is 8.21. The lowest BCUT2D eigenvalue weighted by atomic mass is 10.1. The molecule has 21 heavy (non-hydrogen) atoms. The first-order chi connectivity index (χ1) is 10.1. The van der Waals surface area contributed by atoms with E-state index in [2.05, 4.69) is 10.1 Å². The number of hydrogen-bond acceptors (Lipinski definition) is 4. The molecule has 4 N–H and O–H groups in total. The Morgan fingerprint density at radius 2 is 1.62 bits per heavy atom. The number of hydrazine groups is 1. The molecule has 0 amide bonds. The van der Waals surface area contributed by atoms with Crippen LogP contribution in [0.15, 0.2) is 59.5 Å². The Kier molecular flexibility index (Phi) is 5.32. The number of nitrogens with one attached hydrogen (secondary N) is 2. The summed E-state index contributed by atoms with van der Waals surface area (Å²) in [6, 6.07) is 16.5. The predicted molar refractivity (Wildman–Crippen MR) is 84.2 cm³/mol. The Hall–Kier alpha value is -1.89. The maximum Gasteiger partial charge on any atom is 0.242 e. The van der Waals surface area contributed by atoms with Crippen LogP contribution < -0.4 is 16.0 Å². The molecule has 2 aromatic rings. The van der Waals surface area contributed by atoms with Gasteiger partial charge in [-0.25, -0.2) is 13.1 Å². The van der Waals surface area contributed by atoms with Crippen molar-refractivity contribution >= 4 is 15.7 Å². The molecule has 6 heteroatoms. The normalized spacial score (nSPS) is 11.3. The number of nitrogens with two attached hydrogens (primary N) is 1. The van der Waals surface area contributed by atoms with Gasteiger partial charge in [0.2, 0.25) is 10.0 Å². The van der Waals surface area contributed by atoms with Gasteiger partial charge in [0.05, 0.1) is 5.69 Å². The lowest BCUT2D eigenvalue weighted by molar-refractivity contribution is 0.579. The zero-order valence-electron chi connectivity index (χ0n) is 11.6. The number of para-hydroxylation sites is 1. The zero-order valence-corrected chi connectivity index (χ0v) is 12.4. The van der Waals surface area contributed by atoms with Crippen LogP contribution in [0, 0.1) is 0 Å². The molecule has 0 fully saturated rings. The zero-order chi connectivity index (χ0) is 15.1. The van der Waals surface area contributed by atoms with E-state index >= 15 is 0 Å². The van der Waals surface area contributed by atoms with E-state index in [1.807, 2.05) is 30.3 Å². The number of anilines is 1. The molecule has 0 aliphatic carbocycles. The molecule has 0 aliphatic rings. The standard InChI is InChI=1S/C15H19N3O2S/c16-18-14-10-4-5-11-15(14)21(19,20)17-12-6-9-13-7-2-1-3-8-13/h1-5,7-8,10-11,17-18H,6,9,12,16H2. The summed E-state index contributed by atoms with van der Waals surface area (Å²) >= 11 is 0. The van der Waals surface area contributed by atoms with Gasteiger partial charge in [-0.1, -0.05) is 42.5 Å². The highest BCUT2D eigenvalue weighted by Crippen LogP contribution is 2.19. The monoisotopic (exact) mass is 305 g/mol. The summed E-state index contributed by atoms with van der Waals surface area (Å²) in [6.07, 6.45) is 1.57. The highest BCUT2D eigenvalue weighted by Gasteiger charge is 2.16. The second kappa shape index (κ2) is 7.21. The summed E-state index contributed by atoms with van der Waals surface area (Å²) < 4.78 is 27.0. The highest BCUT2D eigenvalue weighted by atomic mass is 32.2. The van der Waals surface area contributed by atoms with E-state index in [1.54, 1.807) is 18.2 Å².